The van der Waals surface area contributed by atoms with Gasteiger partial charge in [-0.05, 0) is 29.7 Å². The van der Waals surface area contributed by atoms with Crippen LogP contribution < -0.4 is 10.2 Å². The van der Waals surface area contributed by atoms with Gasteiger partial charge in [-0.2, -0.15) is 0 Å². The fourth-order valence-electron chi connectivity index (χ4n) is 3.04. The zero-order valence-corrected chi connectivity index (χ0v) is 15.1. The summed E-state index contributed by atoms with van der Waals surface area (Å²) in [6, 6.07) is 15.9. The summed E-state index contributed by atoms with van der Waals surface area (Å²) in [7, 11) is -3.34. The molecular formula is C19H22N2O3S. The molecule has 3 rings (SSSR count). The van der Waals surface area contributed by atoms with Crippen LogP contribution in [-0.2, 0) is 27.6 Å². The Balaban J connectivity index is 1.75. The second-order valence-electron chi connectivity index (χ2n) is 6.18. The van der Waals surface area contributed by atoms with Crippen molar-refractivity contribution in [3.8, 4) is 0 Å². The lowest BCUT2D eigenvalue weighted by molar-refractivity contribution is -0.113. The number of rotatable bonds is 6. The summed E-state index contributed by atoms with van der Waals surface area (Å²) >= 11 is 0. The zero-order valence-electron chi connectivity index (χ0n) is 14.2. The van der Waals surface area contributed by atoms with Crippen molar-refractivity contribution in [1.29, 1.82) is 0 Å². The molecule has 1 amide bonds. The Hall–Kier alpha value is -2.34. The molecule has 0 spiro atoms. The van der Waals surface area contributed by atoms with Crippen LogP contribution in [0.1, 0.15) is 18.1 Å². The van der Waals surface area contributed by atoms with Gasteiger partial charge in [0.05, 0.1) is 0 Å². The molecule has 1 aliphatic rings. The maximum absolute atomic E-state index is 12.1. The minimum absolute atomic E-state index is 0.0351. The molecule has 0 aliphatic carbocycles. The number of nitrogens with one attached hydrogen (secondary N) is 1. The van der Waals surface area contributed by atoms with Gasteiger partial charge in [0, 0.05) is 30.2 Å². The van der Waals surface area contributed by atoms with Crippen molar-refractivity contribution < 1.29 is 13.2 Å². The summed E-state index contributed by atoms with van der Waals surface area (Å²) in [4.78, 5) is 14.4. The summed E-state index contributed by atoms with van der Waals surface area (Å²) in [6.07, 6.45) is 1.01. The molecule has 0 saturated heterocycles. The topological polar surface area (TPSA) is 66.5 Å². The van der Waals surface area contributed by atoms with Crippen LogP contribution in [-0.4, -0.2) is 32.4 Å². The number of benzene rings is 2. The molecule has 25 heavy (non-hydrogen) atoms. The highest BCUT2D eigenvalue weighted by molar-refractivity contribution is 7.92. The minimum Gasteiger partial charge on any atom is -0.367 e. The van der Waals surface area contributed by atoms with E-state index < -0.39 is 21.5 Å². The van der Waals surface area contributed by atoms with Crippen LogP contribution in [0.3, 0.4) is 0 Å². The van der Waals surface area contributed by atoms with Crippen LogP contribution in [0.25, 0.3) is 0 Å². The molecule has 6 heteroatoms. The molecule has 0 unspecified atom stereocenters. The third-order valence-electron chi connectivity index (χ3n) is 4.43. The number of anilines is 2. The SMILES string of the molecule is CCS(=O)(=O)CC(=O)Nc1ccccc1CN1CCc2ccccc21. The lowest BCUT2D eigenvalue weighted by Gasteiger charge is -2.21. The molecule has 0 aromatic heterocycles. The van der Waals surface area contributed by atoms with Crippen LogP contribution in [0.2, 0.25) is 0 Å². The lowest BCUT2D eigenvalue weighted by atomic mass is 10.1. The summed E-state index contributed by atoms with van der Waals surface area (Å²) in [6.45, 7) is 3.15. The maximum Gasteiger partial charge on any atom is 0.239 e. The molecule has 0 atom stereocenters. The summed E-state index contributed by atoms with van der Waals surface area (Å²) in [5.41, 5.74) is 4.19. The molecule has 1 N–H and O–H groups in total. The second-order valence-corrected chi connectivity index (χ2v) is 8.54. The number of nitrogens with zero attached hydrogens (tertiary/aromatic N) is 1. The Morgan fingerprint density at radius 1 is 1.12 bits per heavy atom. The molecule has 0 fully saturated rings. The molecule has 0 radical (unpaired) electrons. The first-order chi connectivity index (χ1) is 12.0. The Bertz CT molecular complexity index is 878. The van der Waals surface area contributed by atoms with Gasteiger partial charge >= 0.3 is 0 Å². The molecule has 2 aromatic carbocycles. The highest BCUT2D eigenvalue weighted by Gasteiger charge is 2.20. The Morgan fingerprint density at radius 2 is 1.84 bits per heavy atom. The fraction of sp³-hybridized carbons (Fsp3) is 0.316. The average Bonchev–Trinajstić information content (AvgIpc) is 2.99. The highest BCUT2D eigenvalue weighted by atomic mass is 32.2. The van der Waals surface area contributed by atoms with E-state index in [4.69, 9.17) is 0 Å². The Morgan fingerprint density at radius 3 is 2.64 bits per heavy atom. The molecule has 2 aromatic rings. The van der Waals surface area contributed by atoms with E-state index in [0.717, 1.165) is 18.5 Å². The van der Waals surface area contributed by atoms with Gasteiger partial charge in [0.1, 0.15) is 5.75 Å². The number of hydrogen-bond donors (Lipinski definition) is 1. The van der Waals surface area contributed by atoms with Gasteiger partial charge in [0.15, 0.2) is 9.84 Å². The Labute approximate surface area is 148 Å². The van der Waals surface area contributed by atoms with Crippen molar-refractivity contribution in [3.05, 3.63) is 59.7 Å². The van der Waals surface area contributed by atoms with E-state index in [-0.39, 0.29) is 5.75 Å². The van der Waals surface area contributed by atoms with Crippen molar-refractivity contribution in [3.63, 3.8) is 0 Å². The van der Waals surface area contributed by atoms with E-state index in [9.17, 15) is 13.2 Å². The quantitative estimate of drug-likeness (QED) is 0.862. The lowest BCUT2D eigenvalue weighted by Crippen LogP contribution is -2.25. The van der Waals surface area contributed by atoms with Crippen LogP contribution in [0, 0.1) is 0 Å². The third-order valence-corrected chi connectivity index (χ3v) is 6.01. The number of fused-ring (bicyclic) bond motifs is 1. The molecule has 1 aliphatic heterocycles. The van der Waals surface area contributed by atoms with Crippen LogP contribution in [0.15, 0.2) is 48.5 Å². The molecule has 132 valence electrons. The molecular weight excluding hydrogens is 336 g/mol. The van der Waals surface area contributed by atoms with Gasteiger partial charge in [-0.25, -0.2) is 8.42 Å². The highest BCUT2D eigenvalue weighted by Crippen LogP contribution is 2.30. The van der Waals surface area contributed by atoms with Gasteiger partial charge in [0.2, 0.25) is 5.91 Å². The number of carbonyl (C=O) groups is 1. The minimum atomic E-state index is -3.34. The van der Waals surface area contributed by atoms with Gasteiger partial charge in [-0.1, -0.05) is 43.3 Å². The smallest absolute Gasteiger partial charge is 0.239 e. The van der Waals surface area contributed by atoms with Gasteiger partial charge in [-0.3, -0.25) is 4.79 Å². The molecule has 0 bridgehead atoms. The fourth-order valence-corrected chi connectivity index (χ4v) is 3.72. The summed E-state index contributed by atoms with van der Waals surface area (Å²) in [5, 5.41) is 2.75. The zero-order chi connectivity index (χ0) is 17.9. The predicted molar refractivity (Wildman–Crippen MR) is 101 cm³/mol. The predicted octanol–water partition coefficient (Wildman–Crippen LogP) is 2.62. The Kier molecular flexibility index (Phi) is 5.08. The van der Waals surface area contributed by atoms with E-state index in [2.05, 4.69) is 22.3 Å². The third kappa shape index (κ3) is 4.20. The summed E-state index contributed by atoms with van der Waals surface area (Å²) in [5.74, 6) is -1.01. The summed E-state index contributed by atoms with van der Waals surface area (Å²) < 4.78 is 23.3. The van der Waals surface area contributed by atoms with E-state index in [1.165, 1.54) is 11.3 Å². The first-order valence-electron chi connectivity index (χ1n) is 8.39. The largest absolute Gasteiger partial charge is 0.367 e. The van der Waals surface area contributed by atoms with Crippen molar-refractivity contribution in [2.45, 2.75) is 19.9 Å². The normalized spacial score (nSPS) is 13.6. The van der Waals surface area contributed by atoms with Crippen molar-refractivity contribution in [2.24, 2.45) is 0 Å². The van der Waals surface area contributed by atoms with E-state index >= 15 is 0 Å². The monoisotopic (exact) mass is 358 g/mol. The molecule has 1 heterocycles. The number of hydrogen-bond acceptors (Lipinski definition) is 4. The average molecular weight is 358 g/mol. The molecule has 0 saturated carbocycles. The van der Waals surface area contributed by atoms with E-state index in [0.29, 0.717) is 12.2 Å². The van der Waals surface area contributed by atoms with Crippen molar-refractivity contribution in [2.75, 3.05) is 28.3 Å². The number of para-hydroxylation sites is 2. The standard InChI is InChI=1S/C19H22N2O3S/c1-2-25(23,24)14-19(22)20-17-9-5-3-8-16(17)13-21-12-11-15-7-4-6-10-18(15)21/h3-10H,2,11-14H2,1H3,(H,20,22). The number of amides is 1. The van der Waals surface area contributed by atoms with Crippen LogP contribution in [0.4, 0.5) is 11.4 Å². The first-order valence-corrected chi connectivity index (χ1v) is 10.2. The van der Waals surface area contributed by atoms with Gasteiger partial charge in [0.25, 0.3) is 0 Å². The van der Waals surface area contributed by atoms with Gasteiger partial charge < -0.3 is 10.2 Å². The number of carbonyl (C=O) groups excluding carboxylic acids is 1. The van der Waals surface area contributed by atoms with Crippen molar-refractivity contribution in [1.82, 2.24) is 0 Å². The van der Waals surface area contributed by atoms with Crippen LogP contribution >= 0.6 is 0 Å². The van der Waals surface area contributed by atoms with Crippen molar-refractivity contribution >= 4 is 27.1 Å². The van der Waals surface area contributed by atoms with E-state index in [1.807, 2.05) is 36.4 Å². The van der Waals surface area contributed by atoms with Gasteiger partial charge in [-0.15, -0.1) is 0 Å². The first kappa shape index (κ1) is 17.5. The number of sulfone groups is 1. The molecule has 5 nitrogen and oxygen atoms in total. The van der Waals surface area contributed by atoms with E-state index in [1.54, 1.807) is 6.92 Å². The second kappa shape index (κ2) is 7.27. The van der Waals surface area contributed by atoms with Crippen LogP contribution in [0.5, 0.6) is 0 Å². The maximum atomic E-state index is 12.1.